The monoisotopic (exact) mass is 420 g/mol. The number of halogens is 2. The first-order valence-corrected chi connectivity index (χ1v) is 10.8. The Bertz CT molecular complexity index is 880. The molecule has 0 atom stereocenters. The molecule has 1 aliphatic heterocycles. The molecule has 0 radical (unpaired) electrons. The van der Waals surface area contributed by atoms with Crippen molar-refractivity contribution in [3.8, 4) is 16.9 Å². The van der Waals surface area contributed by atoms with Crippen molar-refractivity contribution in [3.63, 3.8) is 0 Å². The molecule has 0 bridgehead atoms. The predicted molar refractivity (Wildman–Crippen MR) is 107 cm³/mol. The molecule has 0 spiro atoms. The minimum atomic E-state index is -0.926. The normalized spacial score (nSPS) is 15.4. The molecular weight excluding hydrogens is 397 g/mol. The summed E-state index contributed by atoms with van der Waals surface area (Å²) in [6.07, 6.45) is 9.27. The van der Waals surface area contributed by atoms with Crippen LogP contribution in [0.5, 0.6) is 5.75 Å². The predicted octanol–water partition coefficient (Wildman–Crippen LogP) is 5.40. The maximum absolute atomic E-state index is 14.4. The molecule has 0 aromatic heterocycles. The number of hydrogen-bond acceptors (Lipinski definition) is 1. The number of hydrogen-bond donors (Lipinski definition) is 0. The average Bonchev–Trinajstić information content (AvgIpc) is 3.12. The molecule has 0 fully saturated rings. The van der Waals surface area contributed by atoms with Gasteiger partial charge in [0.25, 0.3) is 0 Å². The zero-order valence-electron chi connectivity index (χ0n) is 14.9. The van der Waals surface area contributed by atoms with E-state index in [2.05, 4.69) is 24.3 Å². The first kappa shape index (κ1) is 18.6. The van der Waals surface area contributed by atoms with Crippen LogP contribution in [0.25, 0.3) is 15.6 Å². The van der Waals surface area contributed by atoms with Gasteiger partial charge in [-0.2, -0.15) is 0 Å². The Morgan fingerprint density at radius 3 is 2.38 bits per heavy atom. The Morgan fingerprint density at radius 1 is 0.962 bits per heavy atom. The van der Waals surface area contributed by atoms with Crippen molar-refractivity contribution in [2.75, 3.05) is 6.61 Å². The van der Waals surface area contributed by atoms with Gasteiger partial charge in [0, 0.05) is 0 Å². The van der Waals surface area contributed by atoms with Crippen LogP contribution in [0, 0.1) is 11.6 Å². The summed E-state index contributed by atoms with van der Waals surface area (Å²) in [5, 5.41) is 0. The fraction of sp³-hybridized carbons (Fsp3) is 0.182. The van der Waals surface area contributed by atoms with E-state index in [1.54, 1.807) is 6.07 Å². The zero-order chi connectivity index (χ0) is 18.5. The van der Waals surface area contributed by atoms with Gasteiger partial charge in [0.1, 0.15) is 0 Å². The molecule has 2 aromatic carbocycles. The summed E-state index contributed by atoms with van der Waals surface area (Å²) in [5.74, 6) is -1.82. The molecule has 1 heterocycles. The summed E-state index contributed by atoms with van der Waals surface area (Å²) in [5.41, 5.74) is 2.06. The van der Waals surface area contributed by atoms with Gasteiger partial charge in [-0.3, -0.25) is 0 Å². The SMILES string of the molecule is CC=CC1=CC=C(c2ccc(-c3ccc(OCCC)c(F)c3F)cc2)[SeH2]1. The molecule has 0 saturated heterocycles. The van der Waals surface area contributed by atoms with Crippen LogP contribution in [-0.4, -0.2) is 21.6 Å². The van der Waals surface area contributed by atoms with Gasteiger partial charge >= 0.3 is 152 Å². The zero-order valence-corrected chi connectivity index (χ0v) is 16.9. The van der Waals surface area contributed by atoms with Crippen LogP contribution in [-0.2, 0) is 0 Å². The Morgan fingerprint density at radius 2 is 1.69 bits per heavy atom. The van der Waals surface area contributed by atoms with Crippen molar-refractivity contribution in [3.05, 3.63) is 82.4 Å². The third kappa shape index (κ3) is 3.98. The molecule has 2 aromatic rings. The van der Waals surface area contributed by atoms with Crippen LogP contribution in [0.4, 0.5) is 8.78 Å². The van der Waals surface area contributed by atoms with E-state index in [4.69, 9.17) is 4.74 Å². The topological polar surface area (TPSA) is 9.23 Å². The summed E-state index contributed by atoms with van der Waals surface area (Å²) in [4.78, 5) is 0. The standard InChI is InChI=1S/C22H22F2OSe/c1-3-5-17-10-13-20(26-17)16-8-6-15(7-9-16)18-11-12-19(25-14-4-2)22(24)21(18)23/h3,5-13H,4,14,26H2,1-2H3. The van der Waals surface area contributed by atoms with Crippen molar-refractivity contribution in [1.82, 2.24) is 0 Å². The van der Waals surface area contributed by atoms with Gasteiger partial charge in [0.15, 0.2) is 0 Å². The van der Waals surface area contributed by atoms with E-state index < -0.39 is 11.6 Å². The van der Waals surface area contributed by atoms with E-state index in [9.17, 15) is 8.78 Å². The average molecular weight is 419 g/mol. The summed E-state index contributed by atoms with van der Waals surface area (Å²) in [6, 6.07) is 10.7. The molecule has 136 valence electrons. The van der Waals surface area contributed by atoms with Crippen molar-refractivity contribution in [2.24, 2.45) is 0 Å². The van der Waals surface area contributed by atoms with Gasteiger partial charge in [0.2, 0.25) is 0 Å². The molecule has 26 heavy (non-hydrogen) atoms. The second kappa shape index (κ2) is 8.48. The van der Waals surface area contributed by atoms with E-state index >= 15 is 0 Å². The number of allylic oxidation sites excluding steroid dienone is 5. The first-order valence-electron chi connectivity index (χ1n) is 8.67. The van der Waals surface area contributed by atoms with Crippen LogP contribution in [0.1, 0.15) is 25.8 Å². The molecule has 3 rings (SSSR count). The van der Waals surface area contributed by atoms with E-state index in [1.807, 2.05) is 38.1 Å². The quantitative estimate of drug-likeness (QED) is 0.570. The Balaban J connectivity index is 1.80. The van der Waals surface area contributed by atoms with Gasteiger partial charge in [-0.1, -0.05) is 6.92 Å². The van der Waals surface area contributed by atoms with E-state index in [1.165, 1.54) is 15.0 Å². The molecule has 0 N–H and O–H groups in total. The van der Waals surface area contributed by atoms with Crippen LogP contribution in [0.3, 0.4) is 0 Å². The molecule has 1 nitrogen and oxygen atoms in total. The van der Waals surface area contributed by atoms with Crippen LogP contribution in [0.15, 0.2) is 65.2 Å². The van der Waals surface area contributed by atoms with Crippen LogP contribution in [0.2, 0.25) is 0 Å². The Labute approximate surface area is 159 Å². The molecule has 0 saturated carbocycles. The number of ether oxygens (including phenoxy) is 1. The van der Waals surface area contributed by atoms with Crippen molar-refractivity contribution in [1.29, 1.82) is 0 Å². The van der Waals surface area contributed by atoms with E-state index in [-0.39, 0.29) is 26.3 Å². The molecule has 1 aliphatic rings. The van der Waals surface area contributed by atoms with Crippen LogP contribution >= 0.6 is 0 Å². The second-order valence-corrected chi connectivity index (χ2v) is 8.86. The van der Waals surface area contributed by atoms with Gasteiger partial charge in [-0.05, 0) is 0 Å². The summed E-state index contributed by atoms with van der Waals surface area (Å²) >= 11 is -0.322. The van der Waals surface area contributed by atoms with Gasteiger partial charge in [0.05, 0.1) is 0 Å². The molecular formula is C22H22F2OSe. The third-order valence-corrected chi connectivity index (χ3v) is 6.90. The minimum absolute atomic E-state index is 0.0335. The van der Waals surface area contributed by atoms with Crippen molar-refractivity contribution >= 4 is 19.4 Å². The van der Waals surface area contributed by atoms with E-state index in [0.29, 0.717) is 12.2 Å². The van der Waals surface area contributed by atoms with Crippen LogP contribution < -0.4 is 4.74 Å². The number of rotatable bonds is 6. The van der Waals surface area contributed by atoms with Gasteiger partial charge < -0.3 is 0 Å². The first-order chi connectivity index (χ1) is 12.6. The van der Waals surface area contributed by atoms with Gasteiger partial charge in [-0.25, -0.2) is 0 Å². The summed E-state index contributed by atoms with van der Waals surface area (Å²) in [6.45, 7) is 4.31. The second-order valence-electron chi connectivity index (χ2n) is 5.99. The van der Waals surface area contributed by atoms with Crippen molar-refractivity contribution in [2.45, 2.75) is 20.3 Å². The Kier molecular flexibility index (Phi) is 6.08. The molecule has 0 aliphatic carbocycles. The molecule has 4 heteroatoms. The maximum atomic E-state index is 14.4. The fourth-order valence-electron chi connectivity index (χ4n) is 2.76. The molecule has 0 unspecified atom stereocenters. The Hall–Kier alpha value is -2.16. The fourth-order valence-corrected chi connectivity index (χ4v) is 5.29. The van der Waals surface area contributed by atoms with E-state index in [0.717, 1.165) is 12.0 Å². The molecule has 0 amide bonds. The van der Waals surface area contributed by atoms with Gasteiger partial charge in [-0.15, -0.1) is 0 Å². The number of benzene rings is 2. The van der Waals surface area contributed by atoms with Crippen molar-refractivity contribution < 1.29 is 13.5 Å². The summed E-state index contributed by atoms with van der Waals surface area (Å²) < 4.78 is 36.6. The summed E-state index contributed by atoms with van der Waals surface area (Å²) in [7, 11) is 0. The third-order valence-electron chi connectivity index (χ3n) is 4.07.